The van der Waals surface area contributed by atoms with Gasteiger partial charge in [-0.2, -0.15) is 13.2 Å². The van der Waals surface area contributed by atoms with E-state index < -0.39 is 11.7 Å². The maximum absolute atomic E-state index is 13.0. The Kier molecular flexibility index (Phi) is 2.62. The summed E-state index contributed by atoms with van der Waals surface area (Å²) in [4.78, 5) is 0. The second-order valence-electron chi connectivity index (χ2n) is 4.41. The van der Waals surface area contributed by atoms with Crippen molar-refractivity contribution >= 4 is 0 Å². The molecule has 1 saturated heterocycles. The summed E-state index contributed by atoms with van der Waals surface area (Å²) in [6.07, 6.45) is -2.82. The lowest BCUT2D eigenvalue weighted by Crippen LogP contribution is -2.19. The van der Waals surface area contributed by atoms with Gasteiger partial charge in [0.25, 0.3) is 0 Å². The first kappa shape index (κ1) is 11.6. The minimum Gasteiger partial charge on any atom is -0.454 e. The fraction of sp³-hybridized carbons (Fsp3) is 0.500. The maximum Gasteiger partial charge on any atom is 0.416 e. The van der Waals surface area contributed by atoms with Gasteiger partial charge in [-0.3, -0.25) is 0 Å². The highest BCUT2D eigenvalue weighted by molar-refractivity contribution is 5.54. The van der Waals surface area contributed by atoms with Crippen molar-refractivity contribution in [3.63, 3.8) is 0 Å². The van der Waals surface area contributed by atoms with E-state index in [9.17, 15) is 13.2 Å². The van der Waals surface area contributed by atoms with E-state index in [4.69, 9.17) is 9.47 Å². The van der Waals surface area contributed by atoms with Gasteiger partial charge in [0.15, 0.2) is 11.5 Å². The molecule has 1 atom stereocenters. The summed E-state index contributed by atoms with van der Waals surface area (Å²) in [5.41, 5.74) is -0.443. The maximum atomic E-state index is 13.0. The van der Waals surface area contributed by atoms with Crippen molar-refractivity contribution in [2.45, 2.75) is 25.1 Å². The molecule has 3 rings (SSSR count). The van der Waals surface area contributed by atoms with Gasteiger partial charge in [-0.15, -0.1) is 0 Å². The Morgan fingerprint density at radius 1 is 1.22 bits per heavy atom. The first-order valence-electron chi connectivity index (χ1n) is 5.80. The predicted molar refractivity (Wildman–Crippen MR) is 57.5 cm³/mol. The fourth-order valence-electron chi connectivity index (χ4n) is 2.52. The van der Waals surface area contributed by atoms with Gasteiger partial charge in [-0.25, -0.2) is 0 Å². The van der Waals surface area contributed by atoms with Crippen molar-refractivity contribution in [1.29, 1.82) is 0 Å². The number of ether oxygens (including phenoxy) is 2. The lowest BCUT2D eigenvalue weighted by Gasteiger charge is -2.19. The van der Waals surface area contributed by atoms with Crippen LogP contribution >= 0.6 is 0 Å². The van der Waals surface area contributed by atoms with Crippen molar-refractivity contribution in [1.82, 2.24) is 5.32 Å². The number of hydrogen-bond acceptors (Lipinski definition) is 3. The monoisotopic (exact) mass is 259 g/mol. The molecule has 0 saturated carbocycles. The van der Waals surface area contributed by atoms with Crippen LogP contribution in [0.15, 0.2) is 12.1 Å². The van der Waals surface area contributed by atoms with E-state index in [1.807, 2.05) is 0 Å². The average Bonchev–Trinajstić information content (AvgIpc) is 2.97. The van der Waals surface area contributed by atoms with Gasteiger partial charge in [0, 0.05) is 11.6 Å². The van der Waals surface area contributed by atoms with Gasteiger partial charge in [0.2, 0.25) is 6.79 Å². The van der Waals surface area contributed by atoms with Crippen LogP contribution in [0.4, 0.5) is 13.2 Å². The minimum atomic E-state index is -4.37. The van der Waals surface area contributed by atoms with E-state index in [0.717, 1.165) is 19.0 Å². The number of hydrogen-bond donors (Lipinski definition) is 1. The highest BCUT2D eigenvalue weighted by atomic mass is 19.4. The van der Waals surface area contributed by atoms with Gasteiger partial charge >= 0.3 is 6.18 Å². The summed E-state index contributed by atoms with van der Waals surface area (Å²) in [6, 6.07) is 2.09. The highest BCUT2D eigenvalue weighted by Gasteiger charge is 2.39. The third kappa shape index (κ3) is 1.80. The second-order valence-corrected chi connectivity index (χ2v) is 4.41. The van der Waals surface area contributed by atoms with Crippen molar-refractivity contribution in [3.05, 3.63) is 23.3 Å². The quantitative estimate of drug-likeness (QED) is 0.841. The number of nitrogens with one attached hydrogen (secondary N) is 1. The molecular weight excluding hydrogens is 247 g/mol. The summed E-state index contributed by atoms with van der Waals surface area (Å²) in [7, 11) is 0. The zero-order valence-electron chi connectivity index (χ0n) is 9.51. The van der Waals surface area contributed by atoms with Crippen molar-refractivity contribution in [3.8, 4) is 11.5 Å². The fourth-order valence-corrected chi connectivity index (χ4v) is 2.52. The lowest BCUT2D eigenvalue weighted by atomic mass is 9.97. The molecule has 0 spiro atoms. The summed E-state index contributed by atoms with van der Waals surface area (Å²) in [6.45, 7) is 0.711. The molecule has 0 amide bonds. The average molecular weight is 259 g/mol. The highest BCUT2D eigenvalue weighted by Crippen LogP contribution is 2.47. The molecule has 0 aliphatic carbocycles. The Labute approximate surface area is 102 Å². The second kappa shape index (κ2) is 4.05. The minimum absolute atomic E-state index is 0.0175. The summed E-state index contributed by atoms with van der Waals surface area (Å²) < 4.78 is 49.5. The largest absolute Gasteiger partial charge is 0.454 e. The molecule has 2 aliphatic heterocycles. The third-order valence-corrected chi connectivity index (χ3v) is 3.29. The molecule has 1 unspecified atom stereocenters. The smallest absolute Gasteiger partial charge is 0.416 e. The molecule has 2 heterocycles. The van der Waals surface area contributed by atoms with Crippen LogP contribution in [0.25, 0.3) is 0 Å². The standard InChI is InChI=1S/C12H12F3NO2/c13-12(14,15)7-3-4-9-11(18-6-17-9)10(7)8-2-1-5-16-8/h3-4,8,16H,1-2,5-6H2. The van der Waals surface area contributed by atoms with E-state index in [-0.39, 0.29) is 24.1 Å². The van der Waals surface area contributed by atoms with Crippen molar-refractivity contribution in [2.75, 3.05) is 13.3 Å². The zero-order valence-corrected chi connectivity index (χ0v) is 9.51. The predicted octanol–water partition coefficient (Wildman–Crippen LogP) is 2.86. The number of rotatable bonds is 1. The topological polar surface area (TPSA) is 30.5 Å². The lowest BCUT2D eigenvalue weighted by molar-refractivity contribution is -0.138. The van der Waals surface area contributed by atoms with Crippen LogP contribution in [-0.2, 0) is 6.18 Å². The molecule has 1 aromatic carbocycles. The van der Waals surface area contributed by atoms with E-state index in [2.05, 4.69) is 5.32 Å². The Hall–Kier alpha value is -1.43. The number of alkyl halides is 3. The van der Waals surface area contributed by atoms with E-state index in [1.54, 1.807) is 0 Å². The first-order valence-corrected chi connectivity index (χ1v) is 5.80. The molecule has 0 bridgehead atoms. The SMILES string of the molecule is FC(F)(F)c1ccc2c(c1C1CCCN1)OCO2. The van der Waals surface area contributed by atoms with Gasteiger partial charge in [0.05, 0.1) is 5.56 Å². The van der Waals surface area contributed by atoms with Crippen LogP contribution < -0.4 is 14.8 Å². The molecule has 1 N–H and O–H groups in total. The molecule has 2 aliphatic rings. The summed E-state index contributed by atoms with van der Waals surface area (Å²) >= 11 is 0. The molecule has 98 valence electrons. The number of halogens is 3. The normalized spacial score (nSPS) is 22.5. The Bertz CT molecular complexity index is 467. The molecular formula is C12H12F3NO2. The van der Waals surface area contributed by atoms with E-state index in [0.29, 0.717) is 12.2 Å². The van der Waals surface area contributed by atoms with Crippen LogP contribution in [0.5, 0.6) is 11.5 Å². The Balaban J connectivity index is 2.14. The summed E-state index contributed by atoms with van der Waals surface area (Å²) in [5, 5.41) is 3.08. The van der Waals surface area contributed by atoms with Gasteiger partial charge < -0.3 is 14.8 Å². The molecule has 3 nitrogen and oxygen atoms in total. The Morgan fingerprint density at radius 2 is 2.06 bits per heavy atom. The van der Waals surface area contributed by atoms with E-state index >= 15 is 0 Å². The zero-order chi connectivity index (χ0) is 12.8. The van der Waals surface area contributed by atoms with Crippen molar-refractivity contribution in [2.24, 2.45) is 0 Å². The van der Waals surface area contributed by atoms with Crippen LogP contribution in [0.3, 0.4) is 0 Å². The van der Waals surface area contributed by atoms with Crippen LogP contribution in [0, 0.1) is 0 Å². The first-order chi connectivity index (χ1) is 8.57. The van der Waals surface area contributed by atoms with Gasteiger partial charge in [-0.05, 0) is 31.5 Å². The van der Waals surface area contributed by atoms with Crippen LogP contribution in [-0.4, -0.2) is 13.3 Å². The number of benzene rings is 1. The van der Waals surface area contributed by atoms with Gasteiger partial charge in [0.1, 0.15) is 0 Å². The Morgan fingerprint density at radius 3 is 2.72 bits per heavy atom. The molecule has 1 fully saturated rings. The van der Waals surface area contributed by atoms with E-state index in [1.165, 1.54) is 6.07 Å². The molecule has 1 aromatic rings. The molecule has 0 aromatic heterocycles. The number of fused-ring (bicyclic) bond motifs is 1. The van der Waals surface area contributed by atoms with Crippen LogP contribution in [0.2, 0.25) is 0 Å². The van der Waals surface area contributed by atoms with Crippen LogP contribution in [0.1, 0.15) is 30.0 Å². The van der Waals surface area contributed by atoms with Crippen molar-refractivity contribution < 1.29 is 22.6 Å². The van der Waals surface area contributed by atoms with Gasteiger partial charge in [-0.1, -0.05) is 0 Å². The third-order valence-electron chi connectivity index (χ3n) is 3.29. The summed E-state index contributed by atoms with van der Waals surface area (Å²) in [5.74, 6) is 0.635. The molecule has 18 heavy (non-hydrogen) atoms. The molecule has 0 radical (unpaired) electrons. The molecule has 6 heteroatoms.